The Morgan fingerprint density at radius 2 is 2.05 bits per heavy atom. The van der Waals surface area contributed by atoms with E-state index in [2.05, 4.69) is 9.97 Å². The van der Waals surface area contributed by atoms with Gasteiger partial charge in [-0.1, -0.05) is 12.1 Å². The van der Waals surface area contributed by atoms with Gasteiger partial charge >= 0.3 is 0 Å². The Kier molecular flexibility index (Phi) is 2.40. The molecule has 5 heteroatoms. The summed E-state index contributed by atoms with van der Waals surface area (Å²) in [5.41, 5.74) is 4.99. The fourth-order valence-electron chi connectivity index (χ4n) is 2.22. The summed E-state index contributed by atoms with van der Waals surface area (Å²) in [7, 11) is 0. The van der Waals surface area contributed by atoms with Crippen LogP contribution in [0.25, 0.3) is 27.1 Å². The molecule has 0 aliphatic carbocycles. The molecule has 3 heterocycles. The van der Waals surface area contributed by atoms with Crippen LogP contribution in [-0.2, 0) is 0 Å². The molecule has 0 aliphatic heterocycles. The summed E-state index contributed by atoms with van der Waals surface area (Å²) in [5.74, 6) is 0. The first-order chi connectivity index (χ1) is 9.81. The molecule has 0 saturated heterocycles. The Morgan fingerprint density at radius 3 is 3.00 bits per heavy atom. The lowest BCUT2D eigenvalue weighted by Crippen LogP contribution is -2.13. The zero-order valence-corrected chi connectivity index (χ0v) is 11.2. The molecule has 0 spiro atoms. The van der Waals surface area contributed by atoms with Crippen molar-refractivity contribution in [2.24, 2.45) is 0 Å². The maximum absolute atomic E-state index is 12.1. The summed E-state index contributed by atoms with van der Waals surface area (Å²) in [6.07, 6.45) is 1.72. The highest BCUT2D eigenvalue weighted by Gasteiger charge is 2.06. The summed E-state index contributed by atoms with van der Waals surface area (Å²) >= 11 is 1.58. The molecule has 4 rings (SSSR count). The molecular formula is C15H9N3OS. The fourth-order valence-corrected chi connectivity index (χ4v) is 2.93. The predicted molar refractivity (Wildman–Crippen MR) is 80.1 cm³/mol. The molecular weight excluding hydrogens is 270 g/mol. The zero-order chi connectivity index (χ0) is 13.5. The molecule has 3 aromatic heterocycles. The monoisotopic (exact) mass is 279 g/mol. The summed E-state index contributed by atoms with van der Waals surface area (Å²) < 4.78 is 2.63. The van der Waals surface area contributed by atoms with Crippen molar-refractivity contribution >= 4 is 27.2 Å². The number of benzene rings is 1. The van der Waals surface area contributed by atoms with Crippen molar-refractivity contribution < 1.29 is 0 Å². The minimum atomic E-state index is -0.0741. The Balaban J connectivity index is 1.99. The number of aromatic nitrogens is 3. The van der Waals surface area contributed by atoms with Crippen LogP contribution in [0.3, 0.4) is 0 Å². The lowest BCUT2D eigenvalue weighted by Gasteiger charge is -2.04. The Labute approximate surface area is 118 Å². The minimum absolute atomic E-state index is 0.0741. The number of hydrogen-bond acceptors (Lipinski definition) is 4. The maximum atomic E-state index is 12.1. The van der Waals surface area contributed by atoms with E-state index in [0.717, 1.165) is 15.8 Å². The molecule has 0 unspecified atom stereocenters. The molecule has 4 aromatic rings. The van der Waals surface area contributed by atoms with E-state index >= 15 is 0 Å². The van der Waals surface area contributed by atoms with Gasteiger partial charge in [-0.05, 0) is 24.3 Å². The molecule has 0 fully saturated rings. The zero-order valence-electron chi connectivity index (χ0n) is 10.4. The van der Waals surface area contributed by atoms with Crippen molar-refractivity contribution in [1.29, 1.82) is 0 Å². The second-order valence-corrected chi connectivity index (χ2v) is 5.33. The van der Waals surface area contributed by atoms with E-state index in [4.69, 9.17) is 0 Å². The standard InChI is InChI=1S/C15H9N3OS/c19-15-8-12(17-14-3-1-2-6-18(14)15)10-4-5-11-13(7-10)20-9-16-11/h1-9H. The SMILES string of the molecule is O=c1cc(-c2ccc3ncsc3c2)nc2ccccn12. The number of rotatable bonds is 1. The highest BCUT2D eigenvalue weighted by atomic mass is 32.1. The van der Waals surface area contributed by atoms with Gasteiger partial charge in [-0.2, -0.15) is 0 Å². The summed E-state index contributed by atoms with van der Waals surface area (Å²) in [5, 5.41) is 0. The van der Waals surface area contributed by atoms with Gasteiger partial charge < -0.3 is 0 Å². The van der Waals surface area contributed by atoms with Gasteiger partial charge in [0.15, 0.2) is 0 Å². The van der Waals surface area contributed by atoms with Gasteiger partial charge in [0, 0.05) is 17.8 Å². The largest absolute Gasteiger partial charge is 0.269 e. The first kappa shape index (κ1) is 11.3. The molecule has 0 N–H and O–H groups in total. The highest BCUT2D eigenvalue weighted by Crippen LogP contribution is 2.24. The van der Waals surface area contributed by atoms with Crippen molar-refractivity contribution in [2.45, 2.75) is 0 Å². The third-order valence-corrected chi connectivity index (χ3v) is 3.99. The summed E-state index contributed by atoms with van der Waals surface area (Å²) in [4.78, 5) is 20.9. The first-order valence-corrected chi connectivity index (χ1v) is 7.01. The second-order valence-electron chi connectivity index (χ2n) is 4.44. The van der Waals surface area contributed by atoms with Crippen LogP contribution in [0.2, 0.25) is 0 Å². The highest BCUT2D eigenvalue weighted by molar-refractivity contribution is 7.16. The summed E-state index contributed by atoms with van der Waals surface area (Å²) in [6.45, 7) is 0. The third-order valence-electron chi connectivity index (χ3n) is 3.20. The molecule has 0 amide bonds. The van der Waals surface area contributed by atoms with Gasteiger partial charge in [0.2, 0.25) is 0 Å². The van der Waals surface area contributed by atoms with E-state index in [1.54, 1.807) is 23.6 Å². The van der Waals surface area contributed by atoms with Gasteiger partial charge in [0.25, 0.3) is 5.56 Å². The molecule has 0 saturated carbocycles. The molecule has 96 valence electrons. The van der Waals surface area contributed by atoms with Crippen molar-refractivity contribution in [2.75, 3.05) is 0 Å². The van der Waals surface area contributed by atoms with Crippen LogP contribution in [0.4, 0.5) is 0 Å². The van der Waals surface area contributed by atoms with E-state index in [1.807, 2.05) is 41.9 Å². The normalized spacial score (nSPS) is 11.2. The van der Waals surface area contributed by atoms with Crippen LogP contribution in [0.15, 0.2) is 59.0 Å². The smallest absolute Gasteiger partial charge is 0.258 e. The molecule has 0 bridgehead atoms. The Morgan fingerprint density at radius 1 is 1.10 bits per heavy atom. The fraction of sp³-hybridized carbons (Fsp3) is 0. The van der Waals surface area contributed by atoms with E-state index in [9.17, 15) is 4.79 Å². The number of nitrogens with zero attached hydrogens (tertiary/aromatic N) is 3. The van der Waals surface area contributed by atoms with Crippen molar-refractivity contribution in [3.8, 4) is 11.3 Å². The predicted octanol–water partition coefficient (Wildman–Crippen LogP) is 2.97. The topological polar surface area (TPSA) is 47.3 Å². The minimum Gasteiger partial charge on any atom is -0.269 e. The number of thiazole rings is 1. The van der Waals surface area contributed by atoms with E-state index in [1.165, 1.54) is 4.40 Å². The second kappa shape index (κ2) is 4.25. The van der Waals surface area contributed by atoms with Crippen LogP contribution in [0.1, 0.15) is 0 Å². The van der Waals surface area contributed by atoms with Crippen LogP contribution in [-0.4, -0.2) is 14.4 Å². The van der Waals surface area contributed by atoms with Crippen LogP contribution >= 0.6 is 11.3 Å². The van der Waals surface area contributed by atoms with E-state index in [0.29, 0.717) is 11.3 Å². The van der Waals surface area contributed by atoms with Crippen LogP contribution < -0.4 is 5.56 Å². The quantitative estimate of drug-likeness (QED) is 0.538. The Bertz CT molecular complexity index is 987. The number of pyridine rings is 1. The van der Waals surface area contributed by atoms with Gasteiger partial charge in [-0.3, -0.25) is 9.20 Å². The van der Waals surface area contributed by atoms with Gasteiger partial charge in [0.1, 0.15) is 5.65 Å². The number of hydrogen-bond donors (Lipinski definition) is 0. The molecule has 20 heavy (non-hydrogen) atoms. The van der Waals surface area contributed by atoms with Gasteiger partial charge in [-0.15, -0.1) is 11.3 Å². The van der Waals surface area contributed by atoms with Crippen molar-refractivity contribution in [3.63, 3.8) is 0 Å². The van der Waals surface area contributed by atoms with Crippen LogP contribution in [0, 0.1) is 0 Å². The van der Waals surface area contributed by atoms with Crippen molar-refractivity contribution in [3.05, 3.63) is 64.5 Å². The molecule has 4 nitrogen and oxygen atoms in total. The Hall–Kier alpha value is -2.53. The lowest BCUT2D eigenvalue weighted by atomic mass is 10.1. The van der Waals surface area contributed by atoms with Gasteiger partial charge in [0.05, 0.1) is 21.4 Å². The molecule has 0 radical (unpaired) electrons. The van der Waals surface area contributed by atoms with Gasteiger partial charge in [-0.25, -0.2) is 9.97 Å². The maximum Gasteiger partial charge on any atom is 0.258 e. The third kappa shape index (κ3) is 1.71. The molecule has 0 aliphatic rings. The average molecular weight is 279 g/mol. The van der Waals surface area contributed by atoms with E-state index < -0.39 is 0 Å². The average Bonchev–Trinajstić information content (AvgIpc) is 2.94. The number of fused-ring (bicyclic) bond motifs is 2. The summed E-state index contributed by atoms with van der Waals surface area (Å²) in [6, 6.07) is 13.0. The van der Waals surface area contributed by atoms with Crippen LogP contribution in [0.5, 0.6) is 0 Å². The molecule has 0 atom stereocenters. The van der Waals surface area contributed by atoms with E-state index in [-0.39, 0.29) is 5.56 Å². The lowest BCUT2D eigenvalue weighted by molar-refractivity contribution is 1.05. The molecule has 1 aromatic carbocycles. The first-order valence-electron chi connectivity index (χ1n) is 6.13. The van der Waals surface area contributed by atoms with Crippen molar-refractivity contribution in [1.82, 2.24) is 14.4 Å².